The van der Waals surface area contributed by atoms with E-state index in [9.17, 15) is 8.42 Å². The maximum atomic E-state index is 12.6. The van der Waals surface area contributed by atoms with Crippen molar-refractivity contribution in [1.82, 2.24) is 5.32 Å². The molecule has 1 aliphatic heterocycles. The first-order valence-electron chi connectivity index (χ1n) is 6.68. The van der Waals surface area contributed by atoms with Crippen molar-refractivity contribution < 1.29 is 8.42 Å². The average Bonchev–Trinajstić information content (AvgIpc) is 2.37. The number of benzene rings is 1. The van der Waals surface area contributed by atoms with E-state index in [4.69, 9.17) is 0 Å². The van der Waals surface area contributed by atoms with Crippen molar-refractivity contribution in [2.24, 2.45) is 0 Å². The lowest BCUT2D eigenvalue weighted by Crippen LogP contribution is -2.42. The summed E-state index contributed by atoms with van der Waals surface area (Å²) in [5.74, 6) is 0. The molecule has 0 unspecified atom stereocenters. The highest BCUT2D eigenvalue weighted by Gasteiger charge is 2.31. The fraction of sp³-hybridized carbons (Fsp3) is 0.571. The first-order chi connectivity index (χ1) is 8.91. The van der Waals surface area contributed by atoms with Crippen LogP contribution in [-0.2, 0) is 10.0 Å². The summed E-state index contributed by atoms with van der Waals surface area (Å²) in [5, 5.41) is 2.94. The Bertz CT molecular complexity index is 528. The highest BCUT2D eigenvalue weighted by Crippen LogP contribution is 2.24. The predicted octanol–water partition coefficient (Wildman–Crippen LogP) is 1.82. The number of aryl methyl sites for hydroxylation is 2. The topological polar surface area (TPSA) is 49.4 Å². The Morgan fingerprint density at radius 1 is 1.11 bits per heavy atom. The normalized spacial score (nSPS) is 17.4. The van der Waals surface area contributed by atoms with Gasteiger partial charge in [-0.3, -0.25) is 4.31 Å². The third kappa shape index (κ3) is 3.09. The first-order valence-corrected chi connectivity index (χ1v) is 8.18. The third-order valence-corrected chi connectivity index (χ3v) is 5.95. The Balaban J connectivity index is 2.28. The highest BCUT2D eigenvalue weighted by molar-refractivity contribution is 7.93. The standard InChI is InChI=1S/C14H22N2O2S/c1-11-8-12(2)10-13(9-11)16(3)19(17,18)14-4-6-15-7-5-14/h8-10,14-15H,4-7H2,1-3H3. The van der Waals surface area contributed by atoms with Crippen molar-refractivity contribution in [3.8, 4) is 0 Å². The van der Waals surface area contributed by atoms with Gasteiger partial charge in [-0.25, -0.2) is 8.42 Å². The first kappa shape index (κ1) is 14.3. The maximum Gasteiger partial charge on any atom is 0.237 e. The molecule has 1 aromatic carbocycles. The molecule has 1 fully saturated rings. The molecule has 0 radical (unpaired) electrons. The minimum Gasteiger partial charge on any atom is -0.317 e. The van der Waals surface area contributed by atoms with E-state index in [0.717, 1.165) is 29.9 Å². The molecular formula is C14H22N2O2S. The van der Waals surface area contributed by atoms with Gasteiger partial charge in [0.2, 0.25) is 10.0 Å². The van der Waals surface area contributed by atoms with Crippen LogP contribution in [-0.4, -0.2) is 33.8 Å². The molecule has 0 bridgehead atoms. The van der Waals surface area contributed by atoms with Crippen molar-refractivity contribution in [1.29, 1.82) is 0 Å². The van der Waals surface area contributed by atoms with Crippen LogP contribution >= 0.6 is 0 Å². The van der Waals surface area contributed by atoms with E-state index in [2.05, 4.69) is 11.4 Å². The van der Waals surface area contributed by atoms with E-state index in [1.165, 1.54) is 4.31 Å². The van der Waals surface area contributed by atoms with Gasteiger partial charge in [-0.05, 0) is 63.0 Å². The number of sulfonamides is 1. The number of anilines is 1. The summed E-state index contributed by atoms with van der Waals surface area (Å²) < 4.78 is 26.7. The zero-order chi connectivity index (χ0) is 14.0. The van der Waals surface area contributed by atoms with E-state index in [1.807, 2.05) is 26.0 Å². The Labute approximate surface area is 115 Å². The maximum absolute atomic E-state index is 12.6. The van der Waals surface area contributed by atoms with Crippen LogP contribution in [0.4, 0.5) is 5.69 Å². The van der Waals surface area contributed by atoms with Gasteiger partial charge in [-0.2, -0.15) is 0 Å². The second-order valence-corrected chi connectivity index (χ2v) is 7.55. The van der Waals surface area contributed by atoms with E-state index in [-0.39, 0.29) is 5.25 Å². The molecule has 2 rings (SSSR count). The SMILES string of the molecule is Cc1cc(C)cc(N(C)S(=O)(=O)C2CCNCC2)c1. The zero-order valence-electron chi connectivity index (χ0n) is 11.8. The van der Waals surface area contributed by atoms with Gasteiger partial charge in [0, 0.05) is 7.05 Å². The molecule has 106 valence electrons. The summed E-state index contributed by atoms with van der Waals surface area (Å²) >= 11 is 0. The molecule has 1 N–H and O–H groups in total. The quantitative estimate of drug-likeness (QED) is 0.920. The summed E-state index contributed by atoms with van der Waals surface area (Å²) in [6.45, 7) is 5.54. The predicted molar refractivity (Wildman–Crippen MR) is 79.1 cm³/mol. The van der Waals surface area contributed by atoms with Crippen LogP contribution in [0.2, 0.25) is 0 Å². The van der Waals surface area contributed by atoms with Gasteiger partial charge < -0.3 is 5.32 Å². The lowest BCUT2D eigenvalue weighted by molar-refractivity contribution is 0.495. The van der Waals surface area contributed by atoms with Crippen LogP contribution in [0.25, 0.3) is 0 Å². The fourth-order valence-corrected chi connectivity index (χ4v) is 4.27. The highest BCUT2D eigenvalue weighted by atomic mass is 32.2. The van der Waals surface area contributed by atoms with Gasteiger partial charge in [0.1, 0.15) is 0 Å². The van der Waals surface area contributed by atoms with Crippen LogP contribution in [0.5, 0.6) is 0 Å². The molecule has 1 saturated heterocycles. The lowest BCUT2D eigenvalue weighted by atomic mass is 10.1. The van der Waals surface area contributed by atoms with Crippen molar-refractivity contribution in [2.45, 2.75) is 31.9 Å². The van der Waals surface area contributed by atoms with E-state index >= 15 is 0 Å². The minimum absolute atomic E-state index is 0.264. The van der Waals surface area contributed by atoms with Gasteiger partial charge in [0.25, 0.3) is 0 Å². The van der Waals surface area contributed by atoms with Crippen LogP contribution in [0.1, 0.15) is 24.0 Å². The Morgan fingerprint density at radius 2 is 1.63 bits per heavy atom. The van der Waals surface area contributed by atoms with Gasteiger partial charge in [0.15, 0.2) is 0 Å². The number of nitrogens with one attached hydrogen (secondary N) is 1. The largest absolute Gasteiger partial charge is 0.317 e. The van der Waals surface area contributed by atoms with Crippen LogP contribution in [0, 0.1) is 13.8 Å². The molecule has 0 aromatic heterocycles. The van der Waals surface area contributed by atoms with E-state index in [0.29, 0.717) is 12.8 Å². The summed E-state index contributed by atoms with van der Waals surface area (Å²) in [7, 11) is -1.60. The smallest absolute Gasteiger partial charge is 0.237 e. The Kier molecular flexibility index (Phi) is 4.16. The summed E-state index contributed by atoms with van der Waals surface area (Å²) in [4.78, 5) is 0. The van der Waals surface area contributed by atoms with Crippen LogP contribution < -0.4 is 9.62 Å². The van der Waals surface area contributed by atoms with Crippen molar-refractivity contribution >= 4 is 15.7 Å². The monoisotopic (exact) mass is 282 g/mol. The number of piperidine rings is 1. The molecule has 1 aromatic rings. The van der Waals surface area contributed by atoms with Gasteiger partial charge in [-0.1, -0.05) is 6.07 Å². The minimum atomic E-state index is -3.26. The van der Waals surface area contributed by atoms with Crippen molar-refractivity contribution in [3.63, 3.8) is 0 Å². The molecule has 0 aliphatic carbocycles. The molecule has 0 amide bonds. The second-order valence-electron chi connectivity index (χ2n) is 5.31. The Hall–Kier alpha value is -1.07. The summed E-state index contributed by atoms with van der Waals surface area (Å²) in [6.07, 6.45) is 1.38. The number of nitrogens with zero attached hydrogens (tertiary/aromatic N) is 1. The number of hydrogen-bond donors (Lipinski definition) is 1. The summed E-state index contributed by atoms with van der Waals surface area (Å²) in [5.41, 5.74) is 2.93. The molecule has 0 atom stereocenters. The average molecular weight is 282 g/mol. The van der Waals surface area contributed by atoms with E-state index < -0.39 is 10.0 Å². The second kappa shape index (κ2) is 5.51. The number of rotatable bonds is 3. The molecular weight excluding hydrogens is 260 g/mol. The van der Waals surface area contributed by atoms with Crippen LogP contribution in [0.3, 0.4) is 0 Å². The van der Waals surface area contributed by atoms with Crippen molar-refractivity contribution in [3.05, 3.63) is 29.3 Å². The molecule has 5 heteroatoms. The lowest BCUT2D eigenvalue weighted by Gasteiger charge is -2.29. The van der Waals surface area contributed by atoms with Gasteiger partial charge in [-0.15, -0.1) is 0 Å². The molecule has 0 saturated carbocycles. The van der Waals surface area contributed by atoms with Crippen molar-refractivity contribution in [2.75, 3.05) is 24.4 Å². The van der Waals surface area contributed by atoms with E-state index in [1.54, 1.807) is 7.05 Å². The van der Waals surface area contributed by atoms with Gasteiger partial charge >= 0.3 is 0 Å². The summed E-state index contributed by atoms with van der Waals surface area (Å²) in [6, 6.07) is 5.89. The Morgan fingerprint density at radius 3 is 2.16 bits per heavy atom. The van der Waals surface area contributed by atoms with Gasteiger partial charge in [0.05, 0.1) is 10.9 Å². The molecule has 19 heavy (non-hydrogen) atoms. The molecule has 1 aliphatic rings. The third-order valence-electron chi connectivity index (χ3n) is 3.66. The number of hydrogen-bond acceptors (Lipinski definition) is 3. The zero-order valence-corrected chi connectivity index (χ0v) is 12.6. The molecule has 4 nitrogen and oxygen atoms in total. The molecule has 1 heterocycles. The molecule has 0 spiro atoms. The fourth-order valence-electron chi connectivity index (χ4n) is 2.60. The van der Waals surface area contributed by atoms with Crippen LogP contribution in [0.15, 0.2) is 18.2 Å².